The number of carbonyl (C=O) groups excluding carboxylic acids is 3. The normalized spacial score (nSPS) is 24.0. The average molecular weight is 344 g/mol. The lowest BCUT2D eigenvalue weighted by atomic mass is 9.86. The van der Waals surface area contributed by atoms with E-state index in [2.05, 4.69) is 10.6 Å². The van der Waals surface area contributed by atoms with E-state index in [1.165, 1.54) is 26.2 Å². The number of rotatable bonds is 6. The third-order valence-corrected chi connectivity index (χ3v) is 5.17. The quantitative estimate of drug-likeness (QED) is 0.777. The molecule has 2 saturated carbocycles. The smallest absolute Gasteiger partial charge is 0.306 e. The molecule has 0 radical (unpaired) electrons. The first-order valence-electron chi connectivity index (χ1n) is 8.82. The Morgan fingerprint density at radius 1 is 1.04 bits per heavy atom. The maximum Gasteiger partial charge on any atom is 0.306 e. The molecule has 1 aromatic rings. The van der Waals surface area contributed by atoms with Gasteiger partial charge in [0.1, 0.15) is 0 Å². The highest BCUT2D eigenvalue weighted by molar-refractivity contribution is 5.93. The number of hydrogen-bond acceptors (Lipinski definition) is 4. The van der Waals surface area contributed by atoms with Gasteiger partial charge in [-0.15, -0.1) is 0 Å². The van der Waals surface area contributed by atoms with Crippen molar-refractivity contribution in [3.8, 4) is 0 Å². The minimum Gasteiger partial charge on any atom is -0.456 e. The average Bonchev–Trinajstić information content (AvgIpc) is 3.17. The molecule has 0 unspecified atom stereocenters. The van der Waals surface area contributed by atoms with E-state index in [4.69, 9.17) is 4.74 Å². The van der Waals surface area contributed by atoms with Gasteiger partial charge in [0.25, 0.3) is 5.91 Å². The summed E-state index contributed by atoms with van der Waals surface area (Å²) in [5, 5.41) is 5.32. The first-order valence-corrected chi connectivity index (χ1v) is 8.82. The van der Waals surface area contributed by atoms with Gasteiger partial charge in [0, 0.05) is 24.7 Å². The number of amides is 2. The maximum atomic E-state index is 11.9. The van der Waals surface area contributed by atoms with Gasteiger partial charge < -0.3 is 15.4 Å². The van der Waals surface area contributed by atoms with E-state index in [-0.39, 0.29) is 24.4 Å². The SMILES string of the molecule is CC(=O)Nc1ccc(NC(=O)COC(=O)C[C@H]2C[C@H]3CC[C@@H]2C3)cc1. The predicted molar refractivity (Wildman–Crippen MR) is 93.9 cm³/mol. The van der Waals surface area contributed by atoms with Crippen molar-refractivity contribution in [1.82, 2.24) is 0 Å². The van der Waals surface area contributed by atoms with Crippen molar-refractivity contribution in [3.63, 3.8) is 0 Å². The molecular weight excluding hydrogens is 320 g/mol. The molecule has 6 nitrogen and oxygen atoms in total. The second-order valence-corrected chi connectivity index (χ2v) is 7.11. The first kappa shape index (κ1) is 17.5. The van der Waals surface area contributed by atoms with Crippen LogP contribution in [0.15, 0.2) is 24.3 Å². The van der Waals surface area contributed by atoms with Crippen molar-refractivity contribution < 1.29 is 19.1 Å². The molecule has 3 atom stereocenters. The molecule has 2 bridgehead atoms. The van der Waals surface area contributed by atoms with Gasteiger partial charge in [0.15, 0.2) is 6.61 Å². The minimum absolute atomic E-state index is 0.154. The van der Waals surface area contributed by atoms with Gasteiger partial charge in [-0.3, -0.25) is 14.4 Å². The fourth-order valence-corrected chi connectivity index (χ4v) is 4.08. The summed E-state index contributed by atoms with van der Waals surface area (Å²) in [6.07, 6.45) is 5.36. The number of fused-ring (bicyclic) bond motifs is 2. The third-order valence-electron chi connectivity index (χ3n) is 5.17. The van der Waals surface area contributed by atoms with Crippen LogP contribution in [0.3, 0.4) is 0 Å². The van der Waals surface area contributed by atoms with Gasteiger partial charge >= 0.3 is 5.97 Å². The first-order chi connectivity index (χ1) is 12.0. The van der Waals surface area contributed by atoms with E-state index in [0.29, 0.717) is 29.6 Å². The number of hydrogen-bond donors (Lipinski definition) is 2. The van der Waals surface area contributed by atoms with Crippen LogP contribution in [-0.2, 0) is 19.1 Å². The molecule has 134 valence electrons. The van der Waals surface area contributed by atoms with E-state index >= 15 is 0 Å². The minimum atomic E-state index is -0.367. The molecular formula is C19H24N2O4. The molecule has 0 aliphatic heterocycles. The fourth-order valence-electron chi connectivity index (χ4n) is 4.08. The topological polar surface area (TPSA) is 84.5 Å². The lowest BCUT2D eigenvalue weighted by molar-refractivity contribution is -0.148. The largest absolute Gasteiger partial charge is 0.456 e. The van der Waals surface area contributed by atoms with Crippen LogP contribution in [0.25, 0.3) is 0 Å². The summed E-state index contributed by atoms with van der Waals surface area (Å²) in [5.41, 5.74) is 1.24. The van der Waals surface area contributed by atoms with Crippen molar-refractivity contribution in [2.24, 2.45) is 17.8 Å². The van der Waals surface area contributed by atoms with E-state index in [1.54, 1.807) is 24.3 Å². The highest BCUT2D eigenvalue weighted by atomic mass is 16.5. The molecule has 6 heteroatoms. The molecule has 3 rings (SSSR count). The summed E-state index contributed by atoms with van der Waals surface area (Å²) >= 11 is 0. The number of carbonyl (C=O) groups is 3. The zero-order chi connectivity index (χ0) is 17.8. The molecule has 2 fully saturated rings. The number of anilines is 2. The van der Waals surface area contributed by atoms with Crippen molar-refractivity contribution in [2.75, 3.05) is 17.2 Å². The van der Waals surface area contributed by atoms with Crippen LogP contribution in [0, 0.1) is 17.8 Å². The zero-order valence-corrected chi connectivity index (χ0v) is 14.4. The monoisotopic (exact) mass is 344 g/mol. The Kier molecular flexibility index (Phi) is 5.36. The zero-order valence-electron chi connectivity index (χ0n) is 14.4. The van der Waals surface area contributed by atoms with Crippen LogP contribution in [0.2, 0.25) is 0 Å². The lowest BCUT2D eigenvalue weighted by Gasteiger charge is -2.20. The summed E-state index contributed by atoms with van der Waals surface area (Å²) in [4.78, 5) is 34.8. The summed E-state index contributed by atoms with van der Waals surface area (Å²) in [7, 11) is 0. The molecule has 0 spiro atoms. The van der Waals surface area contributed by atoms with E-state index in [9.17, 15) is 14.4 Å². The van der Waals surface area contributed by atoms with Gasteiger partial charge in [-0.1, -0.05) is 6.42 Å². The summed E-state index contributed by atoms with van der Waals surface area (Å²) in [6, 6.07) is 6.75. The van der Waals surface area contributed by atoms with Crippen LogP contribution >= 0.6 is 0 Å². The molecule has 2 N–H and O–H groups in total. The van der Waals surface area contributed by atoms with Crippen molar-refractivity contribution in [1.29, 1.82) is 0 Å². The summed E-state index contributed by atoms with van der Waals surface area (Å²) < 4.78 is 5.11. The maximum absolute atomic E-state index is 11.9. The van der Waals surface area contributed by atoms with Gasteiger partial charge in [-0.2, -0.15) is 0 Å². The van der Waals surface area contributed by atoms with Gasteiger partial charge in [0.05, 0.1) is 0 Å². The Bertz CT molecular complexity index is 656. The van der Waals surface area contributed by atoms with Crippen LogP contribution in [0.4, 0.5) is 11.4 Å². The van der Waals surface area contributed by atoms with Gasteiger partial charge in [-0.25, -0.2) is 0 Å². The standard InChI is InChI=1S/C19H24N2O4/c1-12(22)20-16-4-6-17(7-5-16)21-18(23)11-25-19(24)10-15-9-13-2-3-14(15)8-13/h4-7,13-15H,2-3,8-11H2,1H3,(H,20,22)(H,21,23)/t13-,14+,15+/m0/s1. The molecule has 1 aromatic carbocycles. The van der Waals surface area contributed by atoms with Crippen LogP contribution in [-0.4, -0.2) is 24.4 Å². The number of esters is 1. The molecule has 2 aliphatic rings. The van der Waals surface area contributed by atoms with E-state index in [1.807, 2.05) is 0 Å². The highest BCUT2D eigenvalue weighted by Gasteiger charge is 2.40. The van der Waals surface area contributed by atoms with E-state index in [0.717, 1.165) is 12.3 Å². The van der Waals surface area contributed by atoms with Gasteiger partial charge in [0.2, 0.25) is 5.91 Å². The van der Waals surface area contributed by atoms with Crippen LogP contribution < -0.4 is 10.6 Å². The lowest BCUT2D eigenvalue weighted by Crippen LogP contribution is -2.23. The third kappa shape index (κ3) is 4.81. The number of benzene rings is 1. The van der Waals surface area contributed by atoms with Crippen molar-refractivity contribution >= 4 is 29.2 Å². The second-order valence-electron chi connectivity index (χ2n) is 7.11. The predicted octanol–water partition coefficient (Wildman–Crippen LogP) is 2.95. The molecule has 0 heterocycles. The molecule has 0 saturated heterocycles. The summed E-state index contributed by atoms with van der Waals surface area (Å²) in [6.45, 7) is 1.16. The van der Waals surface area contributed by atoms with Crippen molar-refractivity contribution in [2.45, 2.75) is 39.0 Å². The van der Waals surface area contributed by atoms with Gasteiger partial charge in [-0.05, 0) is 61.3 Å². The molecule has 25 heavy (non-hydrogen) atoms. The molecule has 2 aliphatic carbocycles. The number of ether oxygens (including phenoxy) is 1. The number of nitrogens with one attached hydrogen (secondary N) is 2. The van der Waals surface area contributed by atoms with Crippen molar-refractivity contribution in [3.05, 3.63) is 24.3 Å². The van der Waals surface area contributed by atoms with Crippen LogP contribution in [0.1, 0.15) is 39.0 Å². The Balaban J connectivity index is 1.38. The van der Waals surface area contributed by atoms with Crippen LogP contribution in [0.5, 0.6) is 0 Å². The van der Waals surface area contributed by atoms with E-state index < -0.39 is 0 Å². The molecule has 2 amide bonds. The Morgan fingerprint density at radius 2 is 1.72 bits per heavy atom. The molecule has 0 aromatic heterocycles. The Morgan fingerprint density at radius 3 is 2.28 bits per heavy atom. The Hall–Kier alpha value is -2.37. The Labute approximate surface area is 147 Å². The second kappa shape index (κ2) is 7.68. The summed E-state index contributed by atoms with van der Waals surface area (Å²) in [5.74, 6) is 1.11. The fraction of sp³-hybridized carbons (Fsp3) is 0.526. The highest BCUT2D eigenvalue weighted by Crippen LogP contribution is 2.49.